The van der Waals surface area contributed by atoms with Crippen molar-refractivity contribution < 1.29 is 4.79 Å². The molecular weight excluding hydrogens is 250 g/mol. The third kappa shape index (κ3) is 3.73. The van der Waals surface area contributed by atoms with Crippen molar-refractivity contribution in [3.8, 4) is 0 Å². The van der Waals surface area contributed by atoms with Crippen LogP contribution in [-0.2, 0) is 4.79 Å². The van der Waals surface area contributed by atoms with Gasteiger partial charge in [-0.25, -0.2) is 0 Å². The average Bonchev–Trinajstić information content (AvgIpc) is 2.49. The van der Waals surface area contributed by atoms with Crippen LogP contribution in [-0.4, -0.2) is 73.0 Å². The number of piperidine rings is 2. The summed E-state index contributed by atoms with van der Waals surface area (Å²) < 4.78 is 0. The van der Waals surface area contributed by atoms with Crippen molar-refractivity contribution in [2.24, 2.45) is 5.92 Å². The molecule has 4 nitrogen and oxygen atoms in total. The normalized spacial score (nSPS) is 26.6. The fourth-order valence-corrected chi connectivity index (χ4v) is 3.69. The maximum atomic E-state index is 12.5. The van der Waals surface area contributed by atoms with Gasteiger partial charge in [-0.1, -0.05) is 0 Å². The van der Waals surface area contributed by atoms with Crippen molar-refractivity contribution in [2.75, 3.05) is 46.3 Å². The van der Waals surface area contributed by atoms with E-state index in [2.05, 4.69) is 30.7 Å². The monoisotopic (exact) mass is 281 g/mol. The van der Waals surface area contributed by atoms with Crippen LogP contribution >= 0.6 is 0 Å². The molecule has 0 spiro atoms. The van der Waals surface area contributed by atoms with Gasteiger partial charge in [0.05, 0.1) is 5.92 Å². The zero-order valence-corrected chi connectivity index (χ0v) is 13.5. The molecule has 0 radical (unpaired) electrons. The average molecular weight is 281 g/mol. The van der Waals surface area contributed by atoms with Crippen LogP contribution in [0.1, 0.15) is 39.5 Å². The number of rotatable bonds is 4. The summed E-state index contributed by atoms with van der Waals surface area (Å²) in [5.74, 6) is 0.621. The predicted octanol–water partition coefficient (Wildman–Crippen LogP) is 1.66. The molecule has 2 rings (SSSR count). The minimum Gasteiger partial charge on any atom is -0.343 e. The van der Waals surface area contributed by atoms with Crippen LogP contribution in [0, 0.1) is 5.92 Å². The Kier molecular flexibility index (Phi) is 5.85. The number of carbonyl (C=O) groups is 1. The highest BCUT2D eigenvalue weighted by Gasteiger charge is 2.32. The van der Waals surface area contributed by atoms with Gasteiger partial charge in [0.2, 0.25) is 5.91 Å². The van der Waals surface area contributed by atoms with Crippen molar-refractivity contribution in [2.45, 2.75) is 45.6 Å². The van der Waals surface area contributed by atoms with Crippen LogP contribution < -0.4 is 0 Å². The fraction of sp³-hybridized carbons (Fsp3) is 0.938. The van der Waals surface area contributed by atoms with Crippen molar-refractivity contribution >= 4 is 5.91 Å². The fourth-order valence-electron chi connectivity index (χ4n) is 3.69. The van der Waals surface area contributed by atoms with Gasteiger partial charge in [0, 0.05) is 25.7 Å². The van der Waals surface area contributed by atoms with Crippen LogP contribution in [0.4, 0.5) is 0 Å². The van der Waals surface area contributed by atoms with Crippen LogP contribution in [0.3, 0.4) is 0 Å². The van der Waals surface area contributed by atoms with Gasteiger partial charge in [-0.15, -0.1) is 0 Å². The molecule has 0 N–H and O–H groups in total. The lowest BCUT2D eigenvalue weighted by Gasteiger charge is -2.42. The van der Waals surface area contributed by atoms with Gasteiger partial charge in [0.1, 0.15) is 0 Å². The van der Waals surface area contributed by atoms with Gasteiger partial charge < -0.3 is 9.80 Å². The second-order valence-corrected chi connectivity index (χ2v) is 6.38. The number of hydrogen-bond acceptors (Lipinski definition) is 3. The maximum absolute atomic E-state index is 12.5. The molecule has 0 aliphatic carbocycles. The molecule has 0 bridgehead atoms. The Labute approximate surface area is 124 Å². The molecule has 0 saturated carbocycles. The summed E-state index contributed by atoms with van der Waals surface area (Å²) in [5.41, 5.74) is 0. The number of hydrogen-bond donors (Lipinski definition) is 0. The lowest BCUT2D eigenvalue weighted by molar-refractivity contribution is -0.137. The molecule has 2 heterocycles. The SMILES string of the molecule is CCN(CC)C(=O)C1CCCN(C2CCN(C)CC2)C1. The lowest BCUT2D eigenvalue weighted by Crippen LogP contribution is -2.50. The molecule has 0 aromatic rings. The second kappa shape index (κ2) is 7.41. The van der Waals surface area contributed by atoms with E-state index in [9.17, 15) is 4.79 Å². The summed E-state index contributed by atoms with van der Waals surface area (Å²) in [6, 6.07) is 0.707. The summed E-state index contributed by atoms with van der Waals surface area (Å²) in [6.45, 7) is 10.4. The topological polar surface area (TPSA) is 26.8 Å². The van der Waals surface area contributed by atoms with Crippen molar-refractivity contribution in [3.63, 3.8) is 0 Å². The zero-order chi connectivity index (χ0) is 14.5. The van der Waals surface area contributed by atoms with Crippen LogP contribution in [0.15, 0.2) is 0 Å². The number of likely N-dealkylation sites (tertiary alicyclic amines) is 2. The molecule has 1 amide bonds. The lowest BCUT2D eigenvalue weighted by atomic mass is 9.93. The van der Waals surface area contributed by atoms with Gasteiger partial charge in [-0.05, 0) is 66.2 Å². The van der Waals surface area contributed by atoms with Crippen molar-refractivity contribution in [1.82, 2.24) is 14.7 Å². The standard InChI is InChI=1S/C16H31N3O/c1-4-18(5-2)16(20)14-7-6-10-19(13-14)15-8-11-17(3)12-9-15/h14-15H,4-13H2,1-3H3. The molecular formula is C16H31N3O. The molecule has 4 heteroatoms. The predicted molar refractivity (Wildman–Crippen MR) is 82.7 cm³/mol. The van der Waals surface area contributed by atoms with E-state index in [4.69, 9.17) is 0 Å². The minimum absolute atomic E-state index is 0.239. The van der Waals surface area contributed by atoms with Gasteiger partial charge in [-0.3, -0.25) is 9.69 Å². The highest BCUT2D eigenvalue weighted by Crippen LogP contribution is 2.24. The number of carbonyl (C=O) groups excluding carboxylic acids is 1. The summed E-state index contributed by atoms with van der Waals surface area (Å²) in [4.78, 5) is 19.6. The minimum atomic E-state index is 0.239. The van der Waals surface area contributed by atoms with Gasteiger partial charge in [0.15, 0.2) is 0 Å². The van der Waals surface area contributed by atoms with Gasteiger partial charge in [-0.2, -0.15) is 0 Å². The highest BCUT2D eigenvalue weighted by molar-refractivity contribution is 5.79. The van der Waals surface area contributed by atoms with Crippen LogP contribution in [0.5, 0.6) is 0 Å². The Bertz CT molecular complexity index is 309. The Morgan fingerprint density at radius 3 is 2.35 bits per heavy atom. The molecule has 1 atom stereocenters. The molecule has 2 fully saturated rings. The molecule has 0 aromatic heterocycles. The molecule has 20 heavy (non-hydrogen) atoms. The second-order valence-electron chi connectivity index (χ2n) is 6.38. The van der Waals surface area contributed by atoms with Gasteiger partial charge >= 0.3 is 0 Å². The summed E-state index contributed by atoms with van der Waals surface area (Å²) in [7, 11) is 2.21. The Morgan fingerprint density at radius 1 is 1.10 bits per heavy atom. The smallest absolute Gasteiger partial charge is 0.226 e. The molecule has 2 aliphatic heterocycles. The third-order valence-electron chi connectivity index (χ3n) is 5.08. The van der Waals surface area contributed by atoms with Crippen molar-refractivity contribution in [3.05, 3.63) is 0 Å². The zero-order valence-electron chi connectivity index (χ0n) is 13.5. The van der Waals surface area contributed by atoms with E-state index in [0.29, 0.717) is 11.9 Å². The van der Waals surface area contributed by atoms with E-state index in [-0.39, 0.29) is 5.92 Å². The Hall–Kier alpha value is -0.610. The summed E-state index contributed by atoms with van der Waals surface area (Å²) in [5, 5.41) is 0. The van der Waals surface area contributed by atoms with Crippen molar-refractivity contribution in [1.29, 1.82) is 0 Å². The largest absolute Gasteiger partial charge is 0.343 e. The first kappa shape index (κ1) is 15.8. The quantitative estimate of drug-likeness (QED) is 0.784. The van der Waals surface area contributed by atoms with E-state index in [1.165, 1.54) is 38.9 Å². The Morgan fingerprint density at radius 2 is 1.75 bits per heavy atom. The van der Waals surface area contributed by atoms with E-state index in [1.54, 1.807) is 0 Å². The highest BCUT2D eigenvalue weighted by atomic mass is 16.2. The van der Waals surface area contributed by atoms with E-state index in [0.717, 1.165) is 26.1 Å². The number of nitrogens with zero attached hydrogens (tertiary/aromatic N) is 3. The Balaban J connectivity index is 1.89. The van der Waals surface area contributed by atoms with Crippen LogP contribution in [0.25, 0.3) is 0 Å². The third-order valence-corrected chi connectivity index (χ3v) is 5.08. The van der Waals surface area contributed by atoms with Crippen LogP contribution in [0.2, 0.25) is 0 Å². The molecule has 2 aliphatic rings. The van der Waals surface area contributed by atoms with E-state index in [1.807, 2.05) is 4.90 Å². The van der Waals surface area contributed by atoms with E-state index < -0.39 is 0 Å². The summed E-state index contributed by atoms with van der Waals surface area (Å²) in [6.07, 6.45) is 4.80. The maximum Gasteiger partial charge on any atom is 0.226 e. The molecule has 116 valence electrons. The summed E-state index contributed by atoms with van der Waals surface area (Å²) >= 11 is 0. The number of amides is 1. The molecule has 2 saturated heterocycles. The van der Waals surface area contributed by atoms with E-state index >= 15 is 0 Å². The molecule has 1 unspecified atom stereocenters. The van der Waals surface area contributed by atoms with Gasteiger partial charge in [0.25, 0.3) is 0 Å². The molecule has 0 aromatic carbocycles. The first-order chi connectivity index (χ1) is 9.65. The first-order valence-corrected chi connectivity index (χ1v) is 8.37. The first-order valence-electron chi connectivity index (χ1n) is 8.37.